The summed E-state index contributed by atoms with van der Waals surface area (Å²) < 4.78 is 2.08. The van der Waals surface area contributed by atoms with Gasteiger partial charge in [-0.2, -0.15) is 5.10 Å². The zero-order valence-corrected chi connectivity index (χ0v) is 13.7. The molecular weight excluding hydrogens is 262 g/mol. The second-order valence-corrected chi connectivity index (χ2v) is 6.50. The molecule has 0 aromatic carbocycles. The SMILES string of the molecule is CCCN1CCN(c2c(CNC3CC3)c(C)nn2C)CC1. The van der Waals surface area contributed by atoms with Crippen molar-refractivity contribution in [3.63, 3.8) is 0 Å². The summed E-state index contributed by atoms with van der Waals surface area (Å²) in [6.45, 7) is 11.2. The Kier molecular flexibility index (Phi) is 4.50. The molecule has 1 N–H and O–H groups in total. The van der Waals surface area contributed by atoms with Crippen molar-refractivity contribution < 1.29 is 0 Å². The summed E-state index contributed by atoms with van der Waals surface area (Å²) in [5, 5.41) is 8.31. The molecule has 1 saturated carbocycles. The van der Waals surface area contributed by atoms with E-state index in [-0.39, 0.29) is 0 Å². The van der Waals surface area contributed by atoms with E-state index in [2.05, 4.69) is 45.8 Å². The molecule has 5 nitrogen and oxygen atoms in total. The number of aromatic nitrogens is 2. The summed E-state index contributed by atoms with van der Waals surface area (Å²) in [4.78, 5) is 5.10. The first kappa shape index (κ1) is 14.9. The van der Waals surface area contributed by atoms with E-state index in [1.165, 1.54) is 56.0 Å². The van der Waals surface area contributed by atoms with Gasteiger partial charge in [0.15, 0.2) is 0 Å². The first-order valence-electron chi connectivity index (χ1n) is 8.42. The molecule has 0 amide bonds. The molecule has 2 fully saturated rings. The standard InChI is InChI=1S/C16H29N5/c1-4-7-20-8-10-21(11-9-20)16-15(12-17-14-5-6-14)13(2)18-19(16)3/h14,17H,4-12H2,1-3H3. The van der Waals surface area contributed by atoms with Crippen molar-refractivity contribution in [1.29, 1.82) is 0 Å². The lowest BCUT2D eigenvalue weighted by Gasteiger charge is -2.36. The van der Waals surface area contributed by atoms with Crippen LogP contribution >= 0.6 is 0 Å². The summed E-state index contributed by atoms with van der Waals surface area (Å²) in [5.41, 5.74) is 2.57. The summed E-state index contributed by atoms with van der Waals surface area (Å²) in [7, 11) is 2.08. The fourth-order valence-corrected chi connectivity index (χ4v) is 3.33. The van der Waals surface area contributed by atoms with E-state index in [4.69, 9.17) is 0 Å². The Morgan fingerprint density at radius 2 is 1.90 bits per heavy atom. The Morgan fingerprint density at radius 1 is 1.19 bits per heavy atom. The van der Waals surface area contributed by atoms with Crippen molar-refractivity contribution in [2.45, 2.75) is 45.7 Å². The van der Waals surface area contributed by atoms with Crippen LogP contribution in [0.5, 0.6) is 0 Å². The number of hydrogen-bond donors (Lipinski definition) is 1. The molecule has 0 bridgehead atoms. The van der Waals surface area contributed by atoms with Crippen LogP contribution < -0.4 is 10.2 Å². The highest BCUT2D eigenvalue weighted by Crippen LogP contribution is 2.26. The Balaban J connectivity index is 1.68. The molecule has 21 heavy (non-hydrogen) atoms. The van der Waals surface area contributed by atoms with Gasteiger partial charge in [-0.25, -0.2) is 0 Å². The van der Waals surface area contributed by atoms with Crippen LogP contribution in [0, 0.1) is 6.92 Å². The largest absolute Gasteiger partial charge is 0.354 e. The summed E-state index contributed by atoms with van der Waals surface area (Å²) in [5.74, 6) is 1.33. The molecule has 0 spiro atoms. The lowest BCUT2D eigenvalue weighted by Crippen LogP contribution is -2.47. The Labute approximate surface area is 128 Å². The lowest BCUT2D eigenvalue weighted by atomic mass is 10.2. The number of rotatable bonds is 6. The predicted octanol–water partition coefficient (Wildman–Crippen LogP) is 1.51. The van der Waals surface area contributed by atoms with Gasteiger partial charge in [0.2, 0.25) is 0 Å². The fraction of sp³-hybridized carbons (Fsp3) is 0.812. The van der Waals surface area contributed by atoms with Crippen LogP contribution in [-0.4, -0.2) is 53.4 Å². The molecule has 0 atom stereocenters. The molecule has 5 heteroatoms. The smallest absolute Gasteiger partial charge is 0.131 e. The van der Waals surface area contributed by atoms with Crippen molar-refractivity contribution >= 4 is 5.82 Å². The zero-order chi connectivity index (χ0) is 14.8. The molecule has 2 aliphatic rings. The predicted molar refractivity (Wildman–Crippen MR) is 86.8 cm³/mol. The minimum Gasteiger partial charge on any atom is -0.354 e. The summed E-state index contributed by atoms with van der Waals surface area (Å²) >= 11 is 0. The van der Waals surface area contributed by atoms with Crippen LogP contribution in [0.1, 0.15) is 37.4 Å². The maximum absolute atomic E-state index is 4.66. The van der Waals surface area contributed by atoms with E-state index in [1.807, 2.05) is 0 Å². The Morgan fingerprint density at radius 3 is 2.52 bits per heavy atom. The van der Waals surface area contributed by atoms with Crippen molar-refractivity contribution in [2.75, 3.05) is 37.6 Å². The minimum absolute atomic E-state index is 0.749. The molecule has 1 saturated heterocycles. The molecule has 1 aromatic heterocycles. The molecule has 0 radical (unpaired) electrons. The van der Waals surface area contributed by atoms with Gasteiger partial charge in [-0.3, -0.25) is 9.58 Å². The van der Waals surface area contributed by atoms with Gasteiger partial charge in [-0.05, 0) is 32.7 Å². The molecule has 3 rings (SSSR count). The quantitative estimate of drug-likeness (QED) is 0.862. The molecule has 0 unspecified atom stereocenters. The van der Waals surface area contributed by atoms with Gasteiger partial charge in [-0.1, -0.05) is 6.92 Å². The maximum Gasteiger partial charge on any atom is 0.131 e. The number of aryl methyl sites for hydroxylation is 2. The van der Waals surface area contributed by atoms with Crippen LogP contribution in [0.15, 0.2) is 0 Å². The van der Waals surface area contributed by atoms with E-state index in [0.29, 0.717) is 0 Å². The van der Waals surface area contributed by atoms with Crippen LogP contribution in [0.4, 0.5) is 5.82 Å². The van der Waals surface area contributed by atoms with Gasteiger partial charge in [0, 0.05) is 51.4 Å². The Hall–Kier alpha value is -1.07. The van der Waals surface area contributed by atoms with Gasteiger partial charge >= 0.3 is 0 Å². The third-order valence-corrected chi connectivity index (χ3v) is 4.67. The number of hydrogen-bond acceptors (Lipinski definition) is 4. The molecule has 2 heterocycles. The lowest BCUT2D eigenvalue weighted by molar-refractivity contribution is 0.257. The summed E-state index contributed by atoms with van der Waals surface area (Å²) in [6.07, 6.45) is 3.93. The fourth-order valence-electron chi connectivity index (χ4n) is 3.33. The third kappa shape index (κ3) is 3.40. The van der Waals surface area contributed by atoms with Gasteiger partial charge in [0.05, 0.1) is 5.69 Å². The van der Waals surface area contributed by atoms with E-state index in [9.17, 15) is 0 Å². The van der Waals surface area contributed by atoms with Crippen molar-refractivity contribution in [3.8, 4) is 0 Å². The second-order valence-electron chi connectivity index (χ2n) is 6.50. The van der Waals surface area contributed by atoms with Crippen LogP contribution in [0.3, 0.4) is 0 Å². The van der Waals surface area contributed by atoms with Gasteiger partial charge in [-0.15, -0.1) is 0 Å². The number of anilines is 1. The maximum atomic E-state index is 4.66. The third-order valence-electron chi connectivity index (χ3n) is 4.67. The number of piperazine rings is 1. The van der Waals surface area contributed by atoms with Gasteiger partial charge in [0.1, 0.15) is 5.82 Å². The highest BCUT2D eigenvalue weighted by Gasteiger charge is 2.25. The minimum atomic E-state index is 0.749. The Bertz CT molecular complexity index is 469. The van der Waals surface area contributed by atoms with E-state index in [0.717, 1.165) is 25.7 Å². The number of nitrogens with zero attached hydrogens (tertiary/aromatic N) is 4. The van der Waals surface area contributed by atoms with Crippen LogP contribution in [0.25, 0.3) is 0 Å². The molecule has 1 aliphatic heterocycles. The van der Waals surface area contributed by atoms with E-state index >= 15 is 0 Å². The first-order valence-corrected chi connectivity index (χ1v) is 8.42. The van der Waals surface area contributed by atoms with E-state index < -0.39 is 0 Å². The van der Waals surface area contributed by atoms with Gasteiger partial charge in [0.25, 0.3) is 0 Å². The average molecular weight is 291 g/mol. The molecule has 1 aromatic rings. The molecule has 118 valence electrons. The highest BCUT2D eigenvalue weighted by molar-refractivity contribution is 5.50. The first-order chi connectivity index (χ1) is 10.2. The normalized spacial score (nSPS) is 20.2. The molecule has 1 aliphatic carbocycles. The van der Waals surface area contributed by atoms with Crippen molar-refractivity contribution in [1.82, 2.24) is 20.0 Å². The van der Waals surface area contributed by atoms with Crippen LogP contribution in [0.2, 0.25) is 0 Å². The number of nitrogens with one attached hydrogen (secondary N) is 1. The van der Waals surface area contributed by atoms with Crippen molar-refractivity contribution in [3.05, 3.63) is 11.3 Å². The van der Waals surface area contributed by atoms with Crippen LogP contribution in [-0.2, 0) is 13.6 Å². The molecular formula is C16H29N5. The topological polar surface area (TPSA) is 36.3 Å². The van der Waals surface area contributed by atoms with E-state index in [1.54, 1.807) is 0 Å². The van der Waals surface area contributed by atoms with Gasteiger partial charge < -0.3 is 10.2 Å². The summed E-state index contributed by atoms with van der Waals surface area (Å²) in [6, 6.07) is 0.749. The average Bonchev–Trinajstić information content (AvgIpc) is 3.24. The zero-order valence-electron chi connectivity index (χ0n) is 13.7. The second kappa shape index (κ2) is 6.36. The highest BCUT2D eigenvalue weighted by atomic mass is 15.4. The monoisotopic (exact) mass is 291 g/mol. The van der Waals surface area contributed by atoms with Crippen molar-refractivity contribution in [2.24, 2.45) is 7.05 Å².